The molecule has 0 unspecified atom stereocenters. The number of amides is 1. The molecule has 184 valence electrons. The number of nitrogens with zero attached hydrogens (tertiary/aromatic N) is 2. The molecule has 7 nitrogen and oxygen atoms in total. The molecule has 7 heteroatoms. The Morgan fingerprint density at radius 2 is 1.49 bits per heavy atom. The predicted molar refractivity (Wildman–Crippen MR) is 136 cm³/mol. The van der Waals surface area contributed by atoms with Crippen molar-refractivity contribution in [3.8, 4) is 23.0 Å². The highest BCUT2D eigenvalue weighted by Gasteiger charge is 2.24. The number of methoxy groups -OCH3 is 3. The van der Waals surface area contributed by atoms with Crippen LogP contribution in [0.4, 0.5) is 5.69 Å². The van der Waals surface area contributed by atoms with Gasteiger partial charge in [-0.3, -0.25) is 4.79 Å². The first-order chi connectivity index (χ1) is 17.1. The van der Waals surface area contributed by atoms with Gasteiger partial charge in [0, 0.05) is 37.4 Å². The zero-order chi connectivity index (χ0) is 24.6. The number of carbonyl (C=O) groups is 1. The van der Waals surface area contributed by atoms with E-state index in [0.717, 1.165) is 36.5 Å². The summed E-state index contributed by atoms with van der Waals surface area (Å²) in [6, 6.07) is 21.4. The quantitative estimate of drug-likeness (QED) is 0.472. The fourth-order valence-corrected chi connectivity index (χ4v) is 4.23. The average molecular weight is 477 g/mol. The van der Waals surface area contributed by atoms with Crippen LogP contribution in [0.3, 0.4) is 0 Å². The Hall–Kier alpha value is -3.87. The fraction of sp³-hybridized carbons (Fsp3) is 0.321. The Morgan fingerprint density at radius 3 is 2.11 bits per heavy atom. The molecule has 1 aliphatic heterocycles. The molecule has 1 aliphatic rings. The van der Waals surface area contributed by atoms with E-state index in [4.69, 9.17) is 18.9 Å². The zero-order valence-corrected chi connectivity index (χ0v) is 20.5. The third kappa shape index (κ3) is 5.80. The van der Waals surface area contributed by atoms with Gasteiger partial charge in [0.25, 0.3) is 5.91 Å². The van der Waals surface area contributed by atoms with Crippen molar-refractivity contribution < 1.29 is 23.7 Å². The molecular formula is C28H32N2O5. The Morgan fingerprint density at radius 1 is 0.800 bits per heavy atom. The SMILES string of the molecule is COc1ccc(N2CCCN(C(=O)c3cc(OC)c(OCc4ccccc4)c(OC)c3)CC2)cc1. The van der Waals surface area contributed by atoms with Crippen molar-refractivity contribution in [2.45, 2.75) is 13.0 Å². The summed E-state index contributed by atoms with van der Waals surface area (Å²) >= 11 is 0. The molecule has 1 amide bonds. The molecule has 0 saturated carbocycles. The van der Waals surface area contributed by atoms with E-state index >= 15 is 0 Å². The summed E-state index contributed by atoms with van der Waals surface area (Å²) in [5.74, 6) is 2.21. The largest absolute Gasteiger partial charge is 0.497 e. The van der Waals surface area contributed by atoms with Crippen LogP contribution < -0.4 is 23.8 Å². The molecule has 0 radical (unpaired) electrons. The van der Waals surface area contributed by atoms with Gasteiger partial charge in [-0.05, 0) is 48.4 Å². The average Bonchev–Trinajstić information content (AvgIpc) is 3.18. The number of benzene rings is 3. The van der Waals surface area contributed by atoms with Crippen molar-refractivity contribution in [1.82, 2.24) is 4.90 Å². The maximum Gasteiger partial charge on any atom is 0.254 e. The first-order valence-electron chi connectivity index (χ1n) is 11.7. The lowest BCUT2D eigenvalue weighted by Gasteiger charge is -2.24. The highest BCUT2D eigenvalue weighted by molar-refractivity contribution is 5.95. The van der Waals surface area contributed by atoms with Crippen LogP contribution in [0.15, 0.2) is 66.7 Å². The van der Waals surface area contributed by atoms with E-state index in [-0.39, 0.29) is 5.91 Å². The summed E-state index contributed by atoms with van der Waals surface area (Å²) in [5, 5.41) is 0. The first-order valence-corrected chi connectivity index (χ1v) is 11.7. The van der Waals surface area contributed by atoms with E-state index < -0.39 is 0 Å². The van der Waals surface area contributed by atoms with Crippen LogP contribution >= 0.6 is 0 Å². The summed E-state index contributed by atoms with van der Waals surface area (Å²) < 4.78 is 22.4. The van der Waals surface area contributed by atoms with Gasteiger partial charge < -0.3 is 28.7 Å². The Bertz CT molecular complexity index is 1090. The molecule has 0 aliphatic carbocycles. The fourth-order valence-electron chi connectivity index (χ4n) is 4.23. The van der Waals surface area contributed by atoms with Gasteiger partial charge in [-0.2, -0.15) is 0 Å². The van der Waals surface area contributed by atoms with Crippen molar-refractivity contribution in [3.63, 3.8) is 0 Å². The second-order valence-corrected chi connectivity index (χ2v) is 8.31. The van der Waals surface area contributed by atoms with E-state index in [2.05, 4.69) is 17.0 Å². The minimum absolute atomic E-state index is 0.0483. The topological polar surface area (TPSA) is 60.5 Å². The van der Waals surface area contributed by atoms with Crippen molar-refractivity contribution >= 4 is 11.6 Å². The third-order valence-corrected chi connectivity index (χ3v) is 6.15. The van der Waals surface area contributed by atoms with Gasteiger partial charge >= 0.3 is 0 Å². The van der Waals surface area contributed by atoms with E-state index in [0.29, 0.717) is 42.5 Å². The molecule has 0 aromatic heterocycles. The van der Waals surface area contributed by atoms with Gasteiger partial charge in [-0.25, -0.2) is 0 Å². The lowest BCUT2D eigenvalue weighted by atomic mass is 10.1. The summed E-state index contributed by atoms with van der Waals surface area (Å²) in [5.41, 5.74) is 2.68. The highest BCUT2D eigenvalue weighted by Crippen LogP contribution is 2.39. The van der Waals surface area contributed by atoms with Crippen LogP contribution in [0.5, 0.6) is 23.0 Å². The third-order valence-electron chi connectivity index (χ3n) is 6.15. The monoisotopic (exact) mass is 476 g/mol. The molecule has 3 aromatic rings. The van der Waals surface area contributed by atoms with Crippen LogP contribution in [-0.2, 0) is 6.61 Å². The van der Waals surface area contributed by atoms with Gasteiger partial charge in [0.1, 0.15) is 12.4 Å². The summed E-state index contributed by atoms with van der Waals surface area (Å²) in [4.78, 5) is 17.6. The molecule has 0 spiro atoms. The van der Waals surface area contributed by atoms with Crippen LogP contribution in [0, 0.1) is 0 Å². The molecular weight excluding hydrogens is 444 g/mol. The van der Waals surface area contributed by atoms with Gasteiger partial charge in [-0.1, -0.05) is 30.3 Å². The number of ether oxygens (including phenoxy) is 4. The smallest absolute Gasteiger partial charge is 0.254 e. The molecule has 1 saturated heterocycles. The second kappa shape index (κ2) is 11.5. The predicted octanol–water partition coefficient (Wildman–Crippen LogP) is 4.64. The normalized spacial score (nSPS) is 13.7. The van der Waals surface area contributed by atoms with Crippen molar-refractivity contribution in [3.05, 3.63) is 77.9 Å². The Balaban J connectivity index is 1.48. The molecule has 1 heterocycles. The molecule has 0 atom stereocenters. The maximum absolute atomic E-state index is 13.4. The summed E-state index contributed by atoms with van der Waals surface area (Å²) in [7, 11) is 4.80. The minimum atomic E-state index is -0.0483. The lowest BCUT2D eigenvalue weighted by molar-refractivity contribution is 0.0766. The molecule has 0 bridgehead atoms. The van der Waals surface area contributed by atoms with Crippen molar-refractivity contribution in [1.29, 1.82) is 0 Å². The Kier molecular flexibility index (Phi) is 7.98. The highest BCUT2D eigenvalue weighted by atomic mass is 16.5. The molecule has 1 fully saturated rings. The molecule has 3 aromatic carbocycles. The number of carbonyl (C=O) groups excluding carboxylic acids is 1. The number of hydrogen-bond donors (Lipinski definition) is 0. The Labute approximate surface area is 206 Å². The second-order valence-electron chi connectivity index (χ2n) is 8.31. The van der Waals surface area contributed by atoms with Gasteiger partial charge in [-0.15, -0.1) is 0 Å². The molecule has 35 heavy (non-hydrogen) atoms. The van der Waals surface area contributed by atoms with Crippen LogP contribution in [0.1, 0.15) is 22.3 Å². The van der Waals surface area contributed by atoms with Gasteiger partial charge in [0.2, 0.25) is 5.75 Å². The van der Waals surface area contributed by atoms with E-state index in [1.165, 1.54) is 0 Å². The molecule has 4 rings (SSSR count). The summed E-state index contributed by atoms with van der Waals surface area (Å²) in [6.45, 7) is 3.32. The van der Waals surface area contributed by atoms with E-state index in [1.54, 1.807) is 33.5 Å². The molecule has 0 N–H and O–H groups in total. The van der Waals surface area contributed by atoms with E-state index in [9.17, 15) is 4.79 Å². The van der Waals surface area contributed by atoms with Gasteiger partial charge in [0.05, 0.1) is 21.3 Å². The zero-order valence-electron chi connectivity index (χ0n) is 20.5. The lowest BCUT2D eigenvalue weighted by Crippen LogP contribution is -2.35. The number of rotatable bonds is 8. The minimum Gasteiger partial charge on any atom is -0.497 e. The van der Waals surface area contributed by atoms with Gasteiger partial charge in [0.15, 0.2) is 11.5 Å². The maximum atomic E-state index is 13.4. The number of hydrogen-bond acceptors (Lipinski definition) is 6. The van der Waals surface area contributed by atoms with Crippen molar-refractivity contribution in [2.24, 2.45) is 0 Å². The number of anilines is 1. The van der Waals surface area contributed by atoms with Crippen molar-refractivity contribution in [2.75, 3.05) is 52.4 Å². The van der Waals surface area contributed by atoms with Crippen LogP contribution in [0.25, 0.3) is 0 Å². The summed E-state index contributed by atoms with van der Waals surface area (Å²) in [6.07, 6.45) is 0.879. The van der Waals surface area contributed by atoms with Crippen LogP contribution in [-0.4, -0.2) is 58.3 Å². The van der Waals surface area contributed by atoms with E-state index in [1.807, 2.05) is 47.4 Å². The standard InChI is InChI=1S/C28H32N2O5/c1-32-24-12-10-23(11-13-24)29-14-7-15-30(17-16-29)28(31)22-18-25(33-2)27(26(19-22)34-3)35-20-21-8-5-4-6-9-21/h4-6,8-13,18-19H,7,14-17,20H2,1-3H3. The van der Waals surface area contributed by atoms with Crippen LogP contribution in [0.2, 0.25) is 0 Å². The first kappa shape index (κ1) is 24.3.